The minimum atomic E-state index is -0.286. The number of aromatic nitrogens is 1. The molecule has 2 heterocycles. The minimum Gasteiger partial charge on any atom is -0.345 e. The van der Waals surface area contributed by atoms with Crippen molar-refractivity contribution in [1.29, 1.82) is 5.26 Å². The van der Waals surface area contributed by atoms with E-state index in [0.29, 0.717) is 12.4 Å². The number of nitrogens with zero attached hydrogens (tertiary/aromatic N) is 3. The Labute approximate surface area is 141 Å². The molecule has 2 aromatic rings. The summed E-state index contributed by atoms with van der Waals surface area (Å²) in [6.07, 6.45) is 4.96. The van der Waals surface area contributed by atoms with Crippen LogP contribution < -0.4 is 10.2 Å². The van der Waals surface area contributed by atoms with Gasteiger partial charge in [-0.1, -0.05) is 24.3 Å². The van der Waals surface area contributed by atoms with Gasteiger partial charge in [0.15, 0.2) is 0 Å². The highest BCUT2D eigenvalue weighted by atomic mass is 16.2. The average Bonchev–Trinajstić information content (AvgIpc) is 2.63. The van der Waals surface area contributed by atoms with Crippen LogP contribution in [0.5, 0.6) is 0 Å². The van der Waals surface area contributed by atoms with Crippen molar-refractivity contribution in [3.63, 3.8) is 0 Å². The van der Waals surface area contributed by atoms with E-state index in [4.69, 9.17) is 0 Å². The number of carbonyl (C=O) groups excluding carboxylic acids is 1. The first-order valence-electron chi connectivity index (χ1n) is 7.89. The number of pyridine rings is 1. The first-order valence-corrected chi connectivity index (χ1v) is 7.89. The smallest absolute Gasteiger partial charge is 0.270 e. The summed E-state index contributed by atoms with van der Waals surface area (Å²) < 4.78 is 0. The molecule has 1 aliphatic rings. The fourth-order valence-electron chi connectivity index (χ4n) is 2.81. The van der Waals surface area contributed by atoms with Crippen LogP contribution in [0, 0.1) is 18.3 Å². The van der Waals surface area contributed by atoms with E-state index in [9.17, 15) is 10.1 Å². The van der Waals surface area contributed by atoms with Gasteiger partial charge in [-0.15, -0.1) is 0 Å². The zero-order chi connectivity index (χ0) is 16.9. The molecule has 0 radical (unpaired) electrons. The van der Waals surface area contributed by atoms with Crippen LogP contribution in [-0.2, 0) is 11.2 Å². The van der Waals surface area contributed by atoms with E-state index in [1.54, 1.807) is 11.1 Å². The number of fused-ring (bicyclic) bond motifs is 1. The molecule has 1 aliphatic heterocycles. The summed E-state index contributed by atoms with van der Waals surface area (Å²) in [7, 11) is 0. The lowest BCUT2D eigenvalue weighted by Crippen LogP contribution is -2.36. The topological polar surface area (TPSA) is 69.0 Å². The number of nitrogens with one attached hydrogen (secondary N) is 1. The minimum absolute atomic E-state index is 0.0664. The largest absolute Gasteiger partial charge is 0.345 e. The Kier molecular flexibility index (Phi) is 4.57. The molecule has 0 aliphatic carbocycles. The number of para-hydroxylation sites is 1. The van der Waals surface area contributed by atoms with Crippen LogP contribution in [0.25, 0.3) is 0 Å². The van der Waals surface area contributed by atoms with Gasteiger partial charge in [0.25, 0.3) is 5.91 Å². The second kappa shape index (κ2) is 6.97. The van der Waals surface area contributed by atoms with Gasteiger partial charge in [-0.2, -0.15) is 5.26 Å². The van der Waals surface area contributed by atoms with Crippen molar-refractivity contribution in [1.82, 2.24) is 4.98 Å². The van der Waals surface area contributed by atoms with Crippen molar-refractivity contribution in [2.24, 2.45) is 0 Å². The molecular formula is C19H18N4O. The van der Waals surface area contributed by atoms with Gasteiger partial charge in [0.1, 0.15) is 17.5 Å². The molecule has 5 heteroatoms. The summed E-state index contributed by atoms with van der Waals surface area (Å²) in [5, 5.41) is 12.4. The molecule has 1 amide bonds. The number of carbonyl (C=O) groups is 1. The van der Waals surface area contributed by atoms with E-state index >= 15 is 0 Å². The molecule has 0 unspecified atom stereocenters. The van der Waals surface area contributed by atoms with Crippen LogP contribution in [0.1, 0.15) is 17.5 Å². The van der Waals surface area contributed by atoms with E-state index in [0.717, 1.165) is 29.7 Å². The van der Waals surface area contributed by atoms with Gasteiger partial charge < -0.3 is 10.2 Å². The van der Waals surface area contributed by atoms with Crippen molar-refractivity contribution >= 4 is 17.4 Å². The zero-order valence-electron chi connectivity index (χ0n) is 13.5. The highest BCUT2D eigenvalue weighted by molar-refractivity contribution is 6.09. The van der Waals surface area contributed by atoms with Gasteiger partial charge in [0.05, 0.1) is 0 Å². The number of aryl methyl sites for hydroxylation is 2. The quantitative estimate of drug-likeness (QED) is 0.697. The Bertz CT molecular complexity index is 835. The van der Waals surface area contributed by atoms with Crippen LogP contribution in [0.4, 0.5) is 11.5 Å². The number of amides is 1. The van der Waals surface area contributed by atoms with Gasteiger partial charge in [0.2, 0.25) is 0 Å². The fraction of sp³-hybridized carbons (Fsp3) is 0.211. The summed E-state index contributed by atoms with van der Waals surface area (Å²) in [5.41, 5.74) is 3.05. The molecule has 24 heavy (non-hydrogen) atoms. The maximum atomic E-state index is 12.8. The third-order valence-electron chi connectivity index (χ3n) is 4.07. The molecule has 3 rings (SSSR count). The van der Waals surface area contributed by atoms with Gasteiger partial charge in [-0.3, -0.25) is 4.79 Å². The number of hydrogen-bond acceptors (Lipinski definition) is 4. The van der Waals surface area contributed by atoms with Gasteiger partial charge in [-0.25, -0.2) is 4.98 Å². The van der Waals surface area contributed by atoms with Crippen molar-refractivity contribution in [2.45, 2.75) is 19.8 Å². The third-order valence-corrected chi connectivity index (χ3v) is 4.07. The molecule has 5 nitrogen and oxygen atoms in total. The van der Waals surface area contributed by atoms with Crippen LogP contribution >= 0.6 is 0 Å². The van der Waals surface area contributed by atoms with Crippen molar-refractivity contribution < 1.29 is 4.79 Å². The number of benzene rings is 1. The Morgan fingerprint density at radius 2 is 2.17 bits per heavy atom. The normalized spacial score (nSPS) is 13.8. The van der Waals surface area contributed by atoms with Crippen LogP contribution in [0.3, 0.4) is 0 Å². The van der Waals surface area contributed by atoms with Gasteiger partial charge in [-0.05, 0) is 43.0 Å². The monoisotopic (exact) mass is 318 g/mol. The van der Waals surface area contributed by atoms with E-state index in [2.05, 4.69) is 10.3 Å². The van der Waals surface area contributed by atoms with Crippen molar-refractivity contribution in [2.75, 3.05) is 16.8 Å². The summed E-state index contributed by atoms with van der Waals surface area (Å²) in [5.74, 6) is 0.350. The van der Waals surface area contributed by atoms with Crippen molar-refractivity contribution in [3.05, 3.63) is 65.5 Å². The molecule has 0 bridgehead atoms. The number of nitriles is 1. The van der Waals surface area contributed by atoms with Crippen LogP contribution in [-0.4, -0.2) is 17.4 Å². The molecule has 0 spiro atoms. The summed E-state index contributed by atoms with van der Waals surface area (Å²) in [4.78, 5) is 18.7. The summed E-state index contributed by atoms with van der Waals surface area (Å²) in [6, 6.07) is 13.6. The maximum Gasteiger partial charge on any atom is 0.270 e. The van der Waals surface area contributed by atoms with Gasteiger partial charge >= 0.3 is 0 Å². The van der Waals surface area contributed by atoms with Crippen molar-refractivity contribution in [3.8, 4) is 6.07 Å². The maximum absolute atomic E-state index is 12.8. The van der Waals surface area contributed by atoms with Crippen LogP contribution in [0.15, 0.2) is 54.4 Å². The number of hydrogen-bond donors (Lipinski definition) is 1. The third kappa shape index (κ3) is 3.13. The molecule has 120 valence electrons. The lowest BCUT2D eigenvalue weighted by Gasteiger charge is -2.29. The van der Waals surface area contributed by atoms with E-state index in [-0.39, 0.29) is 11.5 Å². The second-order valence-electron chi connectivity index (χ2n) is 5.67. The Morgan fingerprint density at radius 1 is 1.33 bits per heavy atom. The molecule has 1 N–H and O–H groups in total. The molecule has 0 fully saturated rings. The molecule has 1 aromatic heterocycles. The average molecular weight is 318 g/mol. The highest BCUT2D eigenvalue weighted by Crippen LogP contribution is 2.27. The number of anilines is 2. The molecule has 0 saturated carbocycles. The zero-order valence-corrected chi connectivity index (χ0v) is 13.5. The first-order chi connectivity index (χ1) is 11.7. The molecule has 0 atom stereocenters. The lowest BCUT2D eigenvalue weighted by atomic mass is 10.0. The predicted octanol–water partition coefficient (Wildman–Crippen LogP) is 3.19. The molecular weight excluding hydrogens is 300 g/mol. The Morgan fingerprint density at radius 3 is 2.96 bits per heavy atom. The van der Waals surface area contributed by atoms with Gasteiger partial charge in [0, 0.05) is 24.6 Å². The first kappa shape index (κ1) is 15.8. The standard InChI is InChI=1S/C19H18N4O/c1-14-6-4-10-21-18(14)22-13-16(12-20)19(24)23-11-5-8-15-7-2-3-9-17(15)23/h2-4,6-7,9-10,13H,5,8,11H2,1H3,(H,21,22)/b16-13-. The molecule has 1 aromatic carbocycles. The molecule has 0 saturated heterocycles. The second-order valence-corrected chi connectivity index (χ2v) is 5.67. The Hall–Kier alpha value is -3.13. The fourth-order valence-corrected chi connectivity index (χ4v) is 2.81. The van der Waals surface area contributed by atoms with E-state index < -0.39 is 0 Å². The Balaban J connectivity index is 1.84. The SMILES string of the molecule is Cc1cccnc1N/C=C(/C#N)C(=O)N1CCCc2ccccc21. The number of rotatable bonds is 3. The van der Waals surface area contributed by atoms with Crippen LogP contribution in [0.2, 0.25) is 0 Å². The van der Waals surface area contributed by atoms with E-state index in [1.807, 2.05) is 49.4 Å². The van der Waals surface area contributed by atoms with E-state index in [1.165, 1.54) is 6.20 Å². The summed E-state index contributed by atoms with van der Waals surface area (Å²) >= 11 is 0. The summed E-state index contributed by atoms with van der Waals surface area (Å²) in [6.45, 7) is 2.54. The highest BCUT2D eigenvalue weighted by Gasteiger charge is 2.24. The lowest BCUT2D eigenvalue weighted by molar-refractivity contribution is -0.114. The predicted molar refractivity (Wildman–Crippen MR) is 93.4 cm³/mol.